The lowest BCUT2D eigenvalue weighted by molar-refractivity contribution is 0.0939. The third-order valence-electron chi connectivity index (χ3n) is 4.92. The van der Waals surface area contributed by atoms with Crippen molar-refractivity contribution in [1.82, 2.24) is 15.1 Å². The minimum Gasteiger partial charge on any atom is -0.348 e. The number of carbonyl (C=O) groups excluding carboxylic acids is 1. The van der Waals surface area contributed by atoms with Crippen molar-refractivity contribution < 1.29 is 17.6 Å². The molecule has 10 heteroatoms. The van der Waals surface area contributed by atoms with Gasteiger partial charge in [0.15, 0.2) is 9.84 Å². The highest BCUT2D eigenvalue weighted by molar-refractivity contribution is 7.91. The number of sulfone groups is 1. The molecule has 160 valence electrons. The second kappa shape index (κ2) is 8.24. The summed E-state index contributed by atoms with van der Waals surface area (Å²) in [4.78, 5) is 25.9. The molecule has 1 saturated heterocycles. The van der Waals surface area contributed by atoms with Gasteiger partial charge in [0.2, 0.25) is 0 Å². The lowest BCUT2D eigenvalue weighted by atomic mass is 10.1. The number of hydrogen-bond acceptors (Lipinski definition) is 5. The van der Waals surface area contributed by atoms with E-state index < -0.39 is 33.2 Å². The summed E-state index contributed by atoms with van der Waals surface area (Å²) in [5.74, 6) is -1.47. The summed E-state index contributed by atoms with van der Waals surface area (Å²) in [7, 11) is -3.21. The van der Waals surface area contributed by atoms with Gasteiger partial charge < -0.3 is 5.32 Å². The zero-order chi connectivity index (χ0) is 22.2. The molecule has 1 aromatic heterocycles. The first-order valence-electron chi connectivity index (χ1n) is 9.39. The molecule has 7 nitrogen and oxygen atoms in total. The number of aromatic nitrogens is 2. The van der Waals surface area contributed by atoms with Gasteiger partial charge in [-0.25, -0.2) is 12.8 Å². The highest BCUT2D eigenvalue weighted by Crippen LogP contribution is 2.21. The third-order valence-corrected chi connectivity index (χ3v) is 6.94. The summed E-state index contributed by atoms with van der Waals surface area (Å²) in [5, 5.41) is 7.42. The van der Waals surface area contributed by atoms with Gasteiger partial charge in [-0.05, 0) is 42.8 Å². The van der Waals surface area contributed by atoms with Crippen molar-refractivity contribution in [2.75, 3.05) is 11.5 Å². The van der Waals surface area contributed by atoms with Gasteiger partial charge in [0.25, 0.3) is 11.5 Å². The average molecular weight is 462 g/mol. The van der Waals surface area contributed by atoms with Crippen molar-refractivity contribution in [2.24, 2.45) is 0 Å². The number of halogens is 2. The van der Waals surface area contributed by atoms with Gasteiger partial charge in [0.1, 0.15) is 11.4 Å². The van der Waals surface area contributed by atoms with Crippen LogP contribution in [0.5, 0.6) is 0 Å². The Hall–Kier alpha value is -3.04. The fourth-order valence-electron chi connectivity index (χ4n) is 3.37. The first kappa shape index (κ1) is 21.2. The molecular formula is C21H17ClFN3O4S. The predicted octanol–water partition coefficient (Wildman–Crippen LogP) is 2.61. The molecule has 0 saturated carbocycles. The number of carbonyl (C=O) groups is 1. The van der Waals surface area contributed by atoms with E-state index in [2.05, 4.69) is 10.4 Å². The second-order valence-corrected chi connectivity index (χ2v) is 9.89. The van der Waals surface area contributed by atoms with Crippen LogP contribution in [0.15, 0.2) is 59.4 Å². The summed E-state index contributed by atoms with van der Waals surface area (Å²) in [6, 6.07) is 12.7. The van der Waals surface area contributed by atoms with E-state index in [0.717, 1.165) is 10.7 Å². The van der Waals surface area contributed by atoms with Crippen LogP contribution in [0, 0.1) is 5.82 Å². The minimum atomic E-state index is -3.21. The number of nitrogens with zero attached hydrogens (tertiary/aromatic N) is 2. The molecule has 1 amide bonds. The Morgan fingerprint density at radius 1 is 1.16 bits per heavy atom. The van der Waals surface area contributed by atoms with Gasteiger partial charge in [-0.1, -0.05) is 29.8 Å². The number of nitrogens with one attached hydrogen (secondary N) is 1. The molecule has 2 aromatic carbocycles. The number of rotatable bonds is 4. The van der Waals surface area contributed by atoms with Crippen molar-refractivity contribution in [3.8, 4) is 16.9 Å². The average Bonchev–Trinajstić information content (AvgIpc) is 3.07. The Balaban J connectivity index is 1.80. The van der Waals surface area contributed by atoms with Crippen molar-refractivity contribution in [3.63, 3.8) is 0 Å². The van der Waals surface area contributed by atoms with Gasteiger partial charge >= 0.3 is 0 Å². The van der Waals surface area contributed by atoms with Crippen LogP contribution in [0.1, 0.15) is 16.8 Å². The van der Waals surface area contributed by atoms with Crippen LogP contribution in [-0.4, -0.2) is 41.7 Å². The Morgan fingerprint density at radius 3 is 2.55 bits per heavy atom. The van der Waals surface area contributed by atoms with Crippen LogP contribution in [-0.2, 0) is 9.84 Å². The molecule has 31 heavy (non-hydrogen) atoms. The van der Waals surface area contributed by atoms with E-state index in [9.17, 15) is 22.4 Å². The van der Waals surface area contributed by atoms with Gasteiger partial charge in [0, 0.05) is 16.6 Å². The SMILES string of the molecule is O=C(NC1CCS(=O)(=O)C1)c1cc(-c2ccc(Cl)cc2)nn(-c2cccc(F)c2)c1=O. The van der Waals surface area contributed by atoms with Crippen LogP contribution >= 0.6 is 11.6 Å². The van der Waals surface area contributed by atoms with Crippen LogP contribution in [0.4, 0.5) is 4.39 Å². The van der Waals surface area contributed by atoms with Gasteiger partial charge in [-0.3, -0.25) is 9.59 Å². The zero-order valence-corrected chi connectivity index (χ0v) is 17.7. The van der Waals surface area contributed by atoms with Gasteiger partial charge in [-0.2, -0.15) is 9.78 Å². The van der Waals surface area contributed by atoms with Crippen molar-refractivity contribution in [3.05, 3.63) is 81.4 Å². The van der Waals surface area contributed by atoms with E-state index in [1.54, 1.807) is 24.3 Å². The monoisotopic (exact) mass is 461 g/mol. The quantitative estimate of drug-likeness (QED) is 0.644. The molecule has 1 N–H and O–H groups in total. The highest BCUT2D eigenvalue weighted by atomic mass is 35.5. The van der Waals surface area contributed by atoms with Crippen molar-refractivity contribution in [2.45, 2.75) is 12.5 Å². The summed E-state index contributed by atoms with van der Waals surface area (Å²) >= 11 is 5.94. The largest absolute Gasteiger partial charge is 0.348 e. The molecule has 0 radical (unpaired) electrons. The lowest BCUT2D eigenvalue weighted by Gasteiger charge is -2.13. The van der Waals surface area contributed by atoms with E-state index in [-0.39, 0.29) is 29.2 Å². The zero-order valence-electron chi connectivity index (χ0n) is 16.1. The Kier molecular flexibility index (Phi) is 5.63. The predicted molar refractivity (Wildman–Crippen MR) is 115 cm³/mol. The molecule has 0 bridgehead atoms. The van der Waals surface area contributed by atoms with Gasteiger partial charge in [-0.15, -0.1) is 0 Å². The van der Waals surface area contributed by atoms with Crippen LogP contribution in [0.2, 0.25) is 5.02 Å². The summed E-state index contributed by atoms with van der Waals surface area (Å²) in [6.45, 7) is 0. The van der Waals surface area contributed by atoms with E-state index in [4.69, 9.17) is 11.6 Å². The summed E-state index contributed by atoms with van der Waals surface area (Å²) in [5.41, 5.74) is 0.0604. The number of hydrogen-bond donors (Lipinski definition) is 1. The minimum absolute atomic E-state index is 0.0160. The van der Waals surface area contributed by atoms with Gasteiger partial charge in [0.05, 0.1) is 22.9 Å². The van der Waals surface area contributed by atoms with Crippen molar-refractivity contribution in [1.29, 1.82) is 0 Å². The van der Waals surface area contributed by atoms with Crippen LogP contribution < -0.4 is 10.9 Å². The van der Waals surface area contributed by atoms with E-state index in [0.29, 0.717) is 16.3 Å². The van der Waals surface area contributed by atoms with Crippen LogP contribution in [0.25, 0.3) is 16.9 Å². The maximum absolute atomic E-state index is 13.8. The molecule has 1 aliphatic rings. The second-order valence-electron chi connectivity index (χ2n) is 7.22. The standard InChI is InChI=1S/C21H17ClFN3O4S/c22-14-6-4-13(5-7-14)19-11-18(20(27)24-16-8-9-31(29,30)12-16)21(28)26(25-19)17-3-1-2-15(23)10-17/h1-7,10-11,16H,8-9,12H2,(H,24,27). The molecule has 0 aliphatic carbocycles. The maximum atomic E-state index is 13.8. The summed E-state index contributed by atoms with van der Waals surface area (Å²) < 4.78 is 38.1. The molecule has 4 rings (SSSR count). The Labute approximate surface area is 182 Å². The first-order valence-corrected chi connectivity index (χ1v) is 11.6. The first-order chi connectivity index (χ1) is 14.7. The summed E-state index contributed by atoms with van der Waals surface area (Å²) in [6.07, 6.45) is 0.279. The maximum Gasteiger partial charge on any atom is 0.284 e. The Morgan fingerprint density at radius 2 is 1.90 bits per heavy atom. The van der Waals surface area contributed by atoms with E-state index >= 15 is 0 Å². The van der Waals surface area contributed by atoms with E-state index in [1.807, 2.05) is 0 Å². The highest BCUT2D eigenvalue weighted by Gasteiger charge is 2.30. The molecule has 0 spiro atoms. The molecular weight excluding hydrogens is 445 g/mol. The molecule has 1 atom stereocenters. The van der Waals surface area contributed by atoms with Crippen LogP contribution in [0.3, 0.4) is 0 Å². The number of benzene rings is 2. The topological polar surface area (TPSA) is 98.1 Å². The van der Waals surface area contributed by atoms with Crippen molar-refractivity contribution >= 4 is 27.3 Å². The van der Waals surface area contributed by atoms with E-state index in [1.165, 1.54) is 24.3 Å². The molecule has 3 aromatic rings. The number of amides is 1. The molecule has 1 fully saturated rings. The molecule has 1 unspecified atom stereocenters. The molecule has 1 aliphatic heterocycles. The third kappa shape index (κ3) is 4.67. The fourth-order valence-corrected chi connectivity index (χ4v) is 5.17. The lowest BCUT2D eigenvalue weighted by Crippen LogP contribution is -2.40. The molecule has 2 heterocycles. The Bertz CT molecular complexity index is 1320. The normalized spacial score (nSPS) is 17.4. The fraction of sp³-hybridized carbons (Fsp3) is 0.190. The smallest absolute Gasteiger partial charge is 0.284 e.